The van der Waals surface area contributed by atoms with Crippen LogP contribution in [0, 0.1) is 12.8 Å². The summed E-state index contributed by atoms with van der Waals surface area (Å²) in [5, 5.41) is 11.2. The Balaban J connectivity index is 1.43. The fourth-order valence-corrected chi connectivity index (χ4v) is 2.97. The summed E-state index contributed by atoms with van der Waals surface area (Å²) in [6.07, 6.45) is 0.935. The van der Waals surface area contributed by atoms with Crippen molar-refractivity contribution in [3.8, 4) is 5.75 Å². The van der Waals surface area contributed by atoms with Gasteiger partial charge < -0.3 is 14.6 Å². The third-order valence-electron chi connectivity index (χ3n) is 4.55. The molecule has 1 aromatic heterocycles. The highest BCUT2D eigenvalue weighted by Crippen LogP contribution is 2.26. The number of rotatable bonds is 6. The number of fused-ring (bicyclic) bond motifs is 1. The van der Waals surface area contributed by atoms with Crippen molar-refractivity contribution >= 4 is 5.91 Å². The molecule has 1 N–H and O–H groups in total. The molecule has 0 fully saturated rings. The molecule has 0 saturated carbocycles. The summed E-state index contributed by atoms with van der Waals surface area (Å²) in [5.41, 5.74) is 1.21. The van der Waals surface area contributed by atoms with E-state index in [9.17, 15) is 4.79 Å². The smallest absolute Gasteiger partial charge is 0.234 e. The van der Waals surface area contributed by atoms with Crippen LogP contribution in [0.25, 0.3) is 0 Å². The van der Waals surface area contributed by atoms with Crippen molar-refractivity contribution in [1.82, 2.24) is 25.0 Å². The Morgan fingerprint density at radius 1 is 1.40 bits per heavy atom. The van der Waals surface area contributed by atoms with Gasteiger partial charge in [0.25, 0.3) is 0 Å². The Morgan fingerprint density at radius 2 is 2.20 bits per heavy atom. The Morgan fingerprint density at radius 3 is 2.96 bits per heavy atom. The number of aryl methyl sites for hydroxylation is 1. The van der Waals surface area contributed by atoms with Crippen LogP contribution in [0.4, 0.5) is 0 Å². The Hall–Kier alpha value is -2.41. The SMILES string of the molecule is Cc1nnc(CN(C)CC(=O)NCC2COc3ccccc3C2)n1C. The van der Waals surface area contributed by atoms with Crippen molar-refractivity contribution in [2.24, 2.45) is 13.0 Å². The molecule has 3 rings (SSSR count). The highest BCUT2D eigenvalue weighted by Gasteiger charge is 2.20. The van der Waals surface area contributed by atoms with Crippen LogP contribution in [0.3, 0.4) is 0 Å². The predicted molar refractivity (Wildman–Crippen MR) is 94.2 cm³/mol. The van der Waals surface area contributed by atoms with E-state index in [-0.39, 0.29) is 5.91 Å². The number of benzene rings is 1. The number of carbonyl (C=O) groups excluding carboxylic acids is 1. The van der Waals surface area contributed by atoms with E-state index in [0.29, 0.717) is 32.2 Å². The van der Waals surface area contributed by atoms with Gasteiger partial charge in [-0.15, -0.1) is 10.2 Å². The van der Waals surface area contributed by atoms with Gasteiger partial charge in [0.05, 0.1) is 19.7 Å². The number of aromatic nitrogens is 3. The fourth-order valence-electron chi connectivity index (χ4n) is 2.97. The Labute approximate surface area is 148 Å². The second-order valence-electron chi connectivity index (χ2n) is 6.69. The molecule has 0 aliphatic carbocycles. The molecule has 7 nitrogen and oxygen atoms in total. The van der Waals surface area contributed by atoms with E-state index in [1.165, 1.54) is 5.56 Å². The summed E-state index contributed by atoms with van der Waals surface area (Å²) in [6, 6.07) is 8.08. The Kier molecular flexibility index (Phi) is 5.33. The maximum atomic E-state index is 12.2. The van der Waals surface area contributed by atoms with E-state index in [4.69, 9.17) is 4.74 Å². The van der Waals surface area contributed by atoms with Gasteiger partial charge in [0.1, 0.15) is 17.4 Å². The minimum atomic E-state index is 0.0141. The average Bonchev–Trinajstić information content (AvgIpc) is 2.91. The Bertz CT molecular complexity index is 743. The molecule has 1 aliphatic rings. The summed E-state index contributed by atoms with van der Waals surface area (Å²) in [6.45, 7) is 4.10. The van der Waals surface area contributed by atoms with E-state index < -0.39 is 0 Å². The molecule has 2 aromatic rings. The van der Waals surface area contributed by atoms with Gasteiger partial charge in [-0.05, 0) is 32.0 Å². The zero-order chi connectivity index (χ0) is 17.8. The number of hydrogen-bond donors (Lipinski definition) is 1. The highest BCUT2D eigenvalue weighted by molar-refractivity contribution is 5.77. The third-order valence-corrected chi connectivity index (χ3v) is 4.55. The topological polar surface area (TPSA) is 72.3 Å². The van der Waals surface area contributed by atoms with Crippen molar-refractivity contribution in [3.05, 3.63) is 41.5 Å². The summed E-state index contributed by atoms with van der Waals surface area (Å²) in [4.78, 5) is 14.1. The molecule has 0 saturated heterocycles. The van der Waals surface area contributed by atoms with Gasteiger partial charge >= 0.3 is 0 Å². The summed E-state index contributed by atoms with van der Waals surface area (Å²) in [7, 11) is 3.84. The first-order valence-corrected chi connectivity index (χ1v) is 8.53. The standard InChI is InChI=1S/C18H25N5O2/c1-13-20-21-17(23(13)3)10-22(2)11-18(24)19-9-14-8-15-6-4-5-7-16(15)25-12-14/h4-7,14H,8-12H2,1-3H3,(H,19,24). The van der Waals surface area contributed by atoms with Gasteiger partial charge in [0.15, 0.2) is 0 Å². The predicted octanol–water partition coefficient (Wildman–Crippen LogP) is 0.923. The van der Waals surface area contributed by atoms with Gasteiger partial charge in [-0.3, -0.25) is 9.69 Å². The monoisotopic (exact) mass is 343 g/mol. The number of para-hydroxylation sites is 1. The van der Waals surface area contributed by atoms with Crippen LogP contribution in [0.5, 0.6) is 5.75 Å². The molecule has 0 bridgehead atoms. The third kappa shape index (κ3) is 4.36. The number of ether oxygens (including phenoxy) is 1. The molecular formula is C18H25N5O2. The minimum Gasteiger partial charge on any atom is -0.493 e. The van der Waals surface area contributed by atoms with Crippen LogP contribution in [-0.4, -0.2) is 52.3 Å². The van der Waals surface area contributed by atoms with Gasteiger partial charge in [0, 0.05) is 19.5 Å². The van der Waals surface area contributed by atoms with E-state index >= 15 is 0 Å². The van der Waals surface area contributed by atoms with Crippen LogP contribution in [-0.2, 0) is 24.8 Å². The first kappa shape index (κ1) is 17.4. The van der Waals surface area contributed by atoms with Crippen LogP contribution in [0.1, 0.15) is 17.2 Å². The highest BCUT2D eigenvalue weighted by atomic mass is 16.5. The van der Waals surface area contributed by atoms with Gasteiger partial charge in [0.2, 0.25) is 5.91 Å². The minimum absolute atomic E-state index is 0.0141. The number of likely N-dealkylation sites (N-methyl/N-ethyl adjacent to an activating group) is 1. The number of nitrogens with zero attached hydrogens (tertiary/aromatic N) is 4. The molecule has 7 heteroatoms. The average molecular weight is 343 g/mol. The zero-order valence-corrected chi connectivity index (χ0v) is 15.0. The van der Waals surface area contributed by atoms with Crippen molar-refractivity contribution in [2.75, 3.05) is 26.7 Å². The molecular weight excluding hydrogens is 318 g/mol. The number of nitrogens with one attached hydrogen (secondary N) is 1. The second-order valence-corrected chi connectivity index (χ2v) is 6.69. The van der Waals surface area contributed by atoms with E-state index in [2.05, 4.69) is 21.6 Å². The molecule has 1 amide bonds. The molecule has 134 valence electrons. The lowest BCUT2D eigenvalue weighted by Crippen LogP contribution is -2.39. The van der Waals surface area contributed by atoms with Gasteiger partial charge in [-0.1, -0.05) is 18.2 Å². The first-order valence-electron chi connectivity index (χ1n) is 8.53. The summed E-state index contributed by atoms with van der Waals surface area (Å²) in [5.74, 6) is 3.00. The molecule has 1 aromatic carbocycles. The van der Waals surface area contributed by atoms with E-state index in [0.717, 1.165) is 23.8 Å². The van der Waals surface area contributed by atoms with Crippen LogP contribution >= 0.6 is 0 Å². The lowest BCUT2D eigenvalue weighted by molar-refractivity contribution is -0.122. The lowest BCUT2D eigenvalue weighted by atomic mass is 9.97. The molecule has 25 heavy (non-hydrogen) atoms. The maximum Gasteiger partial charge on any atom is 0.234 e. The quantitative estimate of drug-likeness (QED) is 0.844. The van der Waals surface area contributed by atoms with Crippen LogP contribution in [0.15, 0.2) is 24.3 Å². The maximum absolute atomic E-state index is 12.2. The largest absolute Gasteiger partial charge is 0.493 e. The first-order chi connectivity index (χ1) is 12.0. The van der Waals surface area contributed by atoms with Crippen molar-refractivity contribution in [2.45, 2.75) is 19.9 Å². The van der Waals surface area contributed by atoms with Crippen LogP contribution < -0.4 is 10.1 Å². The summed E-state index contributed by atoms with van der Waals surface area (Å²) >= 11 is 0. The molecule has 2 heterocycles. The van der Waals surface area contributed by atoms with Crippen molar-refractivity contribution in [3.63, 3.8) is 0 Å². The lowest BCUT2D eigenvalue weighted by Gasteiger charge is -2.25. The van der Waals surface area contributed by atoms with E-state index in [1.54, 1.807) is 0 Å². The van der Waals surface area contributed by atoms with Crippen LogP contribution in [0.2, 0.25) is 0 Å². The van der Waals surface area contributed by atoms with E-state index in [1.807, 2.05) is 48.7 Å². The second kappa shape index (κ2) is 7.65. The van der Waals surface area contributed by atoms with Crippen molar-refractivity contribution < 1.29 is 9.53 Å². The molecule has 1 unspecified atom stereocenters. The van der Waals surface area contributed by atoms with Crippen molar-refractivity contribution in [1.29, 1.82) is 0 Å². The molecule has 1 atom stereocenters. The molecule has 0 radical (unpaired) electrons. The summed E-state index contributed by atoms with van der Waals surface area (Å²) < 4.78 is 7.70. The fraction of sp³-hybridized carbons (Fsp3) is 0.500. The van der Waals surface area contributed by atoms with Gasteiger partial charge in [-0.25, -0.2) is 0 Å². The number of hydrogen-bond acceptors (Lipinski definition) is 5. The zero-order valence-electron chi connectivity index (χ0n) is 15.0. The molecule has 1 aliphatic heterocycles. The number of amides is 1. The number of carbonyl (C=O) groups is 1. The van der Waals surface area contributed by atoms with Gasteiger partial charge in [-0.2, -0.15) is 0 Å². The normalized spacial score (nSPS) is 16.4. The molecule has 0 spiro atoms.